The van der Waals surface area contributed by atoms with Crippen molar-refractivity contribution in [3.63, 3.8) is 0 Å². The van der Waals surface area contributed by atoms with E-state index in [0.717, 1.165) is 12.5 Å². The van der Waals surface area contributed by atoms with Crippen molar-refractivity contribution in [1.29, 1.82) is 0 Å². The molecule has 0 rings (SSSR count). The van der Waals surface area contributed by atoms with E-state index in [1.165, 1.54) is 6.42 Å². The monoisotopic (exact) mass is 177 g/mol. The number of nitrogens with one attached hydrogen (secondary N) is 1. The second-order valence-electron chi connectivity index (χ2n) is 3.91. The van der Waals surface area contributed by atoms with Crippen LogP contribution in [0.15, 0.2) is 0 Å². The predicted octanol–water partition coefficient (Wildman–Crippen LogP) is 2.64. The molecule has 0 fully saturated rings. The Morgan fingerprint density at radius 2 is 2.00 bits per heavy atom. The lowest BCUT2D eigenvalue weighted by Crippen LogP contribution is -2.43. The maximum Gasteiger partial charge on any atom is 0.0400 e. The van der Waals surface area contributed by atoms with E-state index < -0.39 is 0 Å². The maximum absolute atomic E-state index is 5.76. The van der Waals surface area contributed by atoms with Gasteiger partial charge in [0.05, 0.1) is 0 Å². The molecule has 0 saturated heterocycles. The van der Waals surface area contributed by atoms with Crippen molar-refractivity contribution >= 4 is 11.6 Å². The van der Waals surface area contributed by atoms with E-state index in [2.05, 4.69) is 33.0 Å². The molecule has 11 heavy (non-hydrogen) atoms. The first-order valence-corrected chi connectivity index (χ1v) is 4.86. The molecule has 0 radical (unpaired) electrons. The van der Waals surface area contributed by atoms with E-state index in [0.29, 0.717) is 5.88 Å². The van der Waals surface area contributed by atoms with Crippen molar-refractivity contribution in [2.75, 3.05) is 12.4 Å². The zero-order valence-electron chi connectivity index (χ0n) is 8.08. The topological polar surface area (TPSA) is 12.0 Å². The first kappa shape index (κ1) is 11.2. The highest BCUT2D eigenvalue weighted by Crippen LogP contribution is 2.06. The molecule has 0 aliphatic rings. The van der Waals surface area contributed by atoms with Crippen molar-refractivity contribution in [3.8, 4) is 0 Å². The molecule has 2 heteroatoms. The Morgan fingerprint density at radius 3 is 2.36 bits per heavy atom. The normalized spacial score (nSPS) is 15.0. The summed E-state index contributed by atoms with van der Waals surface area (Å²) in [6.45, 7) is 9.78. The molecule has 0 bridgehead atoms. The molecule has 1 N–H and O–H groups in total. The second-order valence-corrected chi connectivity index (χ2v) is 4.18. The van der Waals surface area contributed by atoms with E-state index in [4.69, 9.17) is 11.6 Å². The third-order valence-electron chi connectivity index (χ3n) is 1.96. The lowest BCUT2D eigenvalue weighted by Gasteiger charge is -2.25. The van der Waals surface area contributed by atoms with Gasteiger partial charge in [0.15, 0.2) is 0 Å². The van der Waals surface area contributed by atoms with Gasteiger partial charge >= 0.3 is 0 Å². The third-order valence-corrected chi connectivity index (χ3v) is 2.63. The van der Waals surface area contributed by atoms with E-state index >= 15 is 0 Å². The van der Waals surface area contributed by atoms with Crippen molar-refractivity contribution in [3.05, 3.63) is 0 Å². The Balaban J connectivity index is 3.52. The lowest BCUT2D eigenvalue weighted by molar-refractivity contribution is 0.382. The molecule has 1 unspecified atom stereocenters. The Bertz CT molecular complexity index is 102. The number of alkyl halides is 1. The van der Waals surface area contributed by atoms with Crippen molar-refractivity contribution in [2.24, 2.45) is 5.92 Å². The Labute approximate surface area is 75.5 Å². The summed E-state index contributed by atoms with van der Waals surface area (Å²) in [6.07, 6.45) is 1.23. The average molecular weight is 178 g/mol. The maximum atomic E-state index is 5.76. The van der Waals surface area contributed by atoms with Crippen LogP contribution in [0.25, 0.3) is 0 Å². The van der Waals surface area contributed by atoms with E-state index in [-0.39, 0.29) is 5.54 Å². The van der Waals surface area contributed by atoms with Crippen LogP contribution in [0.5, 0.6) is 0 Å². The highest BCUT2D eigenvalue weighted by molar-refractivity contribution is 6.18. The molecular weight excluding hydrogens is 158 g/mol. The van der Waals surface area contributed by atoms with Gasteiger partial charge in [-0.2, -0.15) is 0 Å². The average Bonchev–Trinajstić information content (AvgIpc) is 2.00. The quantitative estimate of drug-likeness (QED) is 0.637. The predicted molar refractivity (Wildman–Crippen MR) is 52.3 cm³/mol. The molecular formula is C9H20ClN. The van der Waals surface area contributed by atoms with Gasteiger partial charge in [-0.3, -0.25) is 0 Å². The molecule has 1 nitrogen and oxygen atoms in total. The molecule has 1 atom stereocenters. The number of hydrogen-bond acceptors (Lipinski definition) is 1. The summed E-state index contributed by atoms with van der Waals surface area (Å²) in [7, 11) is 0. The van der Waals surface area contributed by atoms with Crippen LogP contribution in [0.2, 0.25) is 0 Å². The number of rotatable bonds is 5. The van der Waals surface area contributed by atoms with Gasteiger partial charge in [-0.15, -0.1) is 11.6 Å². The number of halogens is 1. The fourth-order valence-electron chi connectivity index (χ4n) is 0.642. The fourth-order valence-corrected chi connectivity index (χ4v) is 0.737. The molecule has 0 spiro atoms. The Kier molecular flexibility index (Phi) is 5.11. The van der Waals surface area contributed by atoms with Crippen LogP contribution in [0.4, 0.5) is 0 Å². The van der Waals surface area contributed by atoms with E-state index in [1.54, 1.807) is 0 Å². The summed E-state index contributed by atoms with van der Waals surface area (Å²) < 4.78 is 0. The zero-order chi connectivity index (χ0) is 8.91. The Morgan fingerprint density at radius 1 is 1.45 bits per heavy atom. The molecule has 0 aliphatic heterocycles. The molecule has 0 aromatic heterocycles. The largest absolute Gasteiger partial charge is 0.310 e. The van der Waals surface area contributed by atoms with Crippen LogP contribution in [0.1, 0.15) is 34.1 Å². The highest BCUT2D eigenvalue weighted by Gasteiger charge is 2.15. The molecule has 0 aromatic carbocycles. The van der Waals surface area contributed by atoms with Crippen LogP contribution in [0, 0.1) is 5.92 Å². The van der Waals surface area contributed by atoms with Crippen molar-refractivity contribution in [2.45, 2.75) is 39.7 Å². The second kappa shape index (κ2) is 5.00. The first-order chi connectivity index (χ1) is 5.02. The van der Waals surface area contributed by atoms with Crippen LogP contribution in [0.3, 0.4) is 0 Å². The van der Waals surface area contributed by atoms with Crippen LogP contribution in [-0.2, 0) is 0 Å². The smallest absolute Gasteiger partial charge is 0.0400 e. The third kappa shape index (κ3) is 5.51. The standard InChI is InChI=1S/C9H20ClN/c1-5-8(2)6-11-9(3,4)7-10/h8,11H,5-7H2,1-4H3. The number of hydrogen-bond donors (Lipinski definition) is 1. The summed E-state index contributed by atoms with van der Waals surface area (Å²) in [6, 6.07) is 0. The van der Waals surface area contributed by atoms with Gasteiger partial charge < -0.3 is 5.32 Å². The summed E-state index contributed by atoms with van der Waals surface area (Å²) in [5.74, 6) is 1.42. The van der Waals surface area contributed by atoms with E-state index in [1.807, 2.05) is 0 Å². The van der Waals surface area contributed by atoms with Crippen molar-refractivity contribution in [1.82, 2.24) is 5.32 Å². The minimum Gasteiger partial charge on any atom is -0.310 e. The SMILES string of the molecule is CCC(C)CNC(C)(C)CCl. The molecule has 0 aliphatic carbocycles. The molecule has 0 saturated carbocycles. The zero-order valence-corrected chi connectivity index (χ0v) is 8.83. The van der Waals surface area contributed by atoms with Gasteiger partial charge in [0, 0.05) is 11.4 Å². The minimum atomic E-state index is 0.0883. The summed E-state index contributed by atoms with van der Waals surface area (Å²) in [4.78, 5) is 0. The summed E-state index contributed by atoms with van der Waals surface area (Å²) >= 11 is 5.76. The fraction of sp³-hybridized carbons (Fsp3) is 1.00. The lowest BCUT2D eigenvalue weighted by atomic mass is 10.1. The van der Waals surface area contributed by atoms with Gasteiger partial charge in [0.1, 0.15) is 0 Å². The molecule has 0 aromatic rings. The van der Waals surface area contributed by atoms with Crippen molar-refractivity contribution < 1.29 is 0 Å². The highest BCUT2D eigenvalue weighted by atomic mass is 35.5. The molecule has 0 amide bonds. The van der Waals surface area contributed by atoms with Gasteiger partial charge in [-0.25, -0.2) is 0 Å². The van der Waals surface area contributed by atoms with Crippen LogP contribution < -0.4 is 5.32 Å². The van der Waals surface area contributed by atoms with Gasteiger partial charge in [-0.05, 0) is 26.3 Å². The molecule has 0 heterocycles. The van der Waals surface area contributed by atoms with Gasteiger partial charge in [0.25, 0.3) is 0 Å². The van der Waals surface area contributed by atoms with Crippen LogP contribution in [-0.4, -0.2) is 18.0 Å². The minimum absolute atomic E-state index is 0.0883. The summed E-state index contributed by atoms with van der Waals surface area (Å²) in [5, 5.41) is 3.43. The van der Waals surface area contributed by atoms with Gasteiger partial charge in [-0.1, -0.05) is 20.3 Å². The van der Waals surface area contributed by atoms with Gasteiger partial charge in [0.2, 0.25) is 0 Å². The first-order valence-electron chi connectivity index (χ1n) is 4.33. The molecule has 68 valence electrons. The summed E-state index contributed by atoms with van der Waals surface area (Å²) in [5.41, 5.74) is 0.0883. The van der Waals surface area contributed by atoms with Crippen LogP contribution >= 0.6 is 11.6 Å². The Hall–Kier alpha value is 0.250. The van der Waals surface area contributed by atoms with E-state index in [9.17, 15) is 0 Å².